The molecule has 0 saturated heterocycles. The van der Waals surface area contributed by atoms with Crippen molar-refractivity contribution in [3.63, 3.8) is 0 Å². The number of carbonyl (C=O) groups is 2. The van der Waals surface area contributed by atoms with Gasteiger partial charge in [0, 0.05) is 18.3 Å². The van der Waals surface area contributed by atoms with Crippen LogP contribution in [-0.2, 0) is 20.7 Å². The number of esters is 1. The minimum atomic E-state index is -0.168. The molecule has 0 saturated carbocycles. The van der Waals surface area contributed by atoms with Gasteiger partial charge in [0.2, 0.25) is 5.91 Å². The maximum atomic E-state index is 11.8. The Hall–Kier alpha value is -1.91. The number of hydrogen-bond donors (Lipinski definition) is 1. The van der Waals surface area contributed by atoms with Crippen molar-refractivity contribution in [2.45, 2.75) is 116 Å². The van der Waals surface area contributed by atoms with Gasteiger partial charge in [0.05, 0.1) is 13.0 Å². The fraction of sp³-hybridized carbons (Fsp3) is 0.741. The van der Waals surface area contributed by atoms with Crippen molar-refractivity contribution in [2.75, 3.05) is 13.2 Å². The van der Waals surface area contributed by atoms with Gasteiger partial charge in [0.15, 0.2) is 0 Å². The molecule has 0 aliphatic heterocycles. The van der Waals surface area contributed by atoms with Gasteiger partial charge in [-0.15, -0.1) is 0 Å². The van der Waals surface area contributed by atoms with E-state index in [1.54, 1.807) is 6.20 Å². The summed E-state index contributed by atoms with van der Waals surface area (Å²) in [5.74, 6) is -0.277. The highest BCUT2D eigenvalue weighted by Gasteiger charge is 2.05. The molecular formula is C27H46N2O3. The van der Waals surface area contributed by atoms with Gasteiger partial charge in [-0.3, -0.25) is 14.6 Å². The molecule has 0 atom stereocenters. The molecule has 5 nitrogen and oxygen atoms in total. The first kappa shape index (κ1) is 28.1. The van der Waals surface area contributed by atoms with E-state index in [-0.39, 0.29) is 24.9 Å². The van der Waals surface area contributed by atoms with Crippen LogP contribution in [0.1, 0.15) is 115 Å². The van der Waals surface area contributed by atoms with Crippen molar-refractivity contribution < 1.29 is 14.3 Å². The predicted molar refractivity (Wildman–Crippen MR) is 131 cm³/mol. The summed E-state index contributed by atoms with van der Waals surface area (Å²) in [5, 5.41) is 2.75. The number of pyridine rings is 1. The average molecular weight is 447 g/mol. The molecule has 0 aliphatic rings. The van der Waals surface area contributed by atoms with Crippen LogP contribution in [0.3, 0.4) is 0 Å². The van der Waals surface area contributed by atoms with Crippen LogP contribution in [0.2, 0.25) is 0 Å². The third-order valence-corrected chi connectivity index (χ3v) is 5.74. The Morgan fingerprint density at radius 3 is 1.91 bits per heavy atom. The highest BCUT2D eigenvalue weighted by Crippen LogP contribution is 2.13. The van der Waals surface area contributed by atoms with Gasteiger partial charge in [0.1, 0.15) is 6.61 Å². The van der Waals surface area contributed by atoms with E-state index in [0.717, 1.165) is 18.5 Å². The Balaban J connectivity index is 1.79. The molecule has 1 amide bonds. The fourth-order valence-corrected chi connectivity index (χ4v) is 3.80. The zero-order valence-corrected chi connectivity index (χ0v) is 20.4. The lowest BCUT2D eigenvalue weighted by Gasteiger charge is -2.07. The average Bonchev–Trinajstić information content (AvgIpc) is 2.80. The minimum Gasteiger partial charge on any atom is -0.464 e. The Bertz CT molecular complexity index is 578. The zero-order chi connectivity index (χ0) is 23.1. The maximum absolute atomic E-state index is 11.8. The first-order valence-electron chi connectivity index (χ1n) is 13.0. The second-order valence-corrected chi connectivity index (χ2v) is 8.77. The number of amides is 1. The van der Waals surface area contributed by atoms with E-state index in [1.165, 1.54) is 83.5 Å². The molecule has 1 N–H and O–H groups in total. The van der Waals surface area contributed by atoms with Gasteiger partial charge in [-0.25, -0.2) is 0 Å². The number of unbranched alkanes of at least 4 members (excludes halogenated alkanes) is 14. The van der Waals surface area contributed by atoms with E-state index >= 15 is 0 Å². The van der Waals surface area contributed by atoms with Crippen LogP contribution < -0.4 is 5.32 Å². The molecule has 182 valence electrons. The molecule has 1 rings (SSSR count). The topological polar surface area (TPSA) is 68.3 Å². The van der Waals surface area contributed by atoms with Crippen LogP contribution >= 0.6 is 0 Å². The summed E-state index contributed by atoms with van der Waals surface area (Å²) in [4.78, 5) is 27.7. The van der Waals surface area contributed by atoms with Crippen LogP contribution in [-0.4, -0.2) is 30.0 Å². The summed E-state index contributed by atoms with van der Waals surface area (Å²) < 4.78 is 5.19. The normalized spacial score (nSPS) is 10.8. The van der Waals surface area contributed by atoms with Crippen LogP contribution in [0.4, 0.5) is 0 Å². The number of ether oxygens (including phenoxy) is 1. The van der Waals surface area contributed by atoms with E-state index in [9.17, 15) is 9.59 Å². The van der Waals surface area contributed by atoms with Gasteiger partial charge < -0.3 is 10.1 Å². The molecular weight excluding hydrogens is 400 g/mol. The van der Waals surface area contributed by atoms with Crippen LogP contribution in [0.5, 0.6) is 0 Å². The highest BCUT2D eigenvalue weighted by atomic mass is 16.5. The highest BCUT2D eigenvalue weighted by molar-refractivity contribution is 5.78. The second-order valence-electron chi connectivity index (χ2n) is 8.77. The lowest BCUT2D eigenvalue weighted by atomic mass is 10.0. The monoisotopic (exact) mass is 446 g/mol. The minimum absolute atomic E-state index is 0.109. The largest absolute Gasteiger partial charge is 0.464 e. The third kappa shape index (κ3) is 17.7. The Kier molecular flexibility index (Phi) is 18.4. The smallest absolute Gasteiger partial charge is 0.305 e. The number of nitrogens with zero attached hydrogens (tertiary/aromatic N) is 1. The SMILES string of the molecule is CCCCCCCCCCCCCCCCCC(=O)OCCNC(=O)Cc1ccccn1. The van der Waals surface area contributed by atoms with Gasteiger partial charge in [-0.05, 0) is 18.6 Å². The van der Waals surface area contributed by atoms with Crippen molar-refractivity contribution in [1.29, 1.82) is 0 Å². The second kappa shape index (κ2) is 21.0. The van der Waals surface area contributed by atoms with E-state index < -0.39 is 0 Å². The summed E-state index contributed by atoms with van der Waals surface area (Å²) in [7, 11) is 0. The van der Waals surface area contributed by atoms with Crippen LogP contribution in [0, 0.1) is 0 Å². The first-order valence-corrected chi connectivity index (χ1v) is 13.0. The Labute approximate surface area is 196 Å². The molecule has 0 aliphatic carbocycles. The van der Waals surface area contributed by atoms with Crippen molar-refractivity contribution in [3.05, 3.63) is 30.1 Å². The van der Waals surface area contributed by atoms with Crippen LogP contribution in [0.15, 0.2) is 24.4 Å². The number of rotatable bonds is 21. The van der Waals surface area contributed by atoms with E-state index in [0.29, 0.717) is 13.0 Å². The Morgan fingerprint density at radius 1 is 0.812 bits per heavy atom. The summed E-state index contributed by atoms with van der Waals surface area (Å²) >= 11 is 0. The van der Waals surface area contributed by atoms with E-state index in [2.05, 4.69) is 17.2 Å². The molecule has 0 spiro atoms. The van der Waals surface area contributed by atoms with Crippen LogP contribution in [0.25, 0.3) is 0 Å². The molecule has 32 heavy (non-hydrogen) atoms. The van der Waals surface area contributed by atoms with Gasteiger partial charge >= 0.3 is 5.97 Å². The van der Waals surface area contributed by atoms with Crippen molar-refractivity contribution in [1.82, 2.24) is 10.3 Å². The summed E-state index contributed by atoms with van der Waals surface area (Å²) in [6.07, 6.45) is 22.1. The zero-order valence-electron chi connectivity index (χ0n) is 20.4. The predicted octanol–water partition coefficient (Wildman–Crippen LogP) is 6.55. The van der Waals surface area contributed by atoms with Gasteiger partial charge in [-0.2, -0.15) is 0 Å². The molecule has 0 fully saturated rings. The van der Waals surface area contributed by atoms with Gasteiger partial charge in [0.25, 0.3) is 0 Å². The molecule has 1 aromatic heterocycles. The summed E-state index contributed by atoms with van der Waals surface area (Å²) in [5.41, 5.74) is 0.732. The molecule has 5 heteroatoms. The Morgan fingerprint density at radius 2 is 1.38 bits per heavy atom. The molecule has 1 heterocycles. The molecule has 0 radical (unpaired) electrons. The van der Waals surface area contributed by atoms with Gasteiger partial charge in [-0.1, -0.05) is 103 Å². The lowest BCUT2D eigenvalue weighted by molar-refractivity contribution is -0.144. The molecule has 0 bridgehead atoms. The molecule has 0 aromatic carbocycles. The lowest BCUT2D eigenvalue weighted by Crippen LogP contribution is -2.29. The van der Waals surface area contributed by atoms with E-state index in [4.69, 9.17) is 4.74 Å². The number of aromatic nitrogens is 1. The standard InChI is InChI=1S/C27H46N2O3/c1-2-3-4-5-6-7-8-9-10-11-12-13-14-15-16-20-27(31)32-23-22-29-26(30)24-25-19-17-18-21-28-25/h17-19,21H,2-16,20,22-24H2,1H3,(H,29,30). The van der Waals surface area contributed by atoms with Crippen molar-refractivity contribution in [2.24, 2.45) is 0 Å². The quantitative estimate of drug-likeness (QED) is 0.172. The number of nitrogens with one attached hydrogen (secondary N) is 1. The first-order chi connectivity index (χ1) is 15.7. The molecule has 1 aromatic rings. The molecule has 0 unspecified atom stereocenters. The number of carbonyl (C=O) groups excluding carboxylic acids is 2. The van der Waals surface area contributed by atoms with Crippen molar-refractivity contribution in [3.8, 4) is 0 Å². The number of hydrogen-bond acceptors (Lipinski definition) is 4. The van der Waals surface area contributed by atoms with Crippen molar-refractivity contribution >= 4 is 11.9 Å². The summed E-state index contributed by atoms with van der Waals surface area (Å²) in [6.45, 7) is 2.84. The third-order valence-electron chi connectivity index (χ3n) is 5.74. The van der Waals surface area contributed by atoms with E-state index in [1.807, 2.05) is 18.2 Å². The fourth-order valence-electron chi connectivity index (χ4n) is 3.80. The summed E-state index contributed by atoms with van der Waals surface area (Å²) in [6, 6.07) is 5.49. The maximum Gasteiger partial charge on any atom is 0.305 e.